The van der Waals surface area contributed by atoms with E-state index in [0.29, 0.717) is 24.0 Å². The van der Waals surface area contributed by atoms with Crippen LogP contribution in [0.25, 0.3) is 0 Å². The number of alkyl halides is 3. The van der Waals surface area contributed by atoms with Crippen LogP contribution in [-0.2, 0) is 11.0 Å². The summed E-state index contributed by atoms with van der Waals surface area (Å²) in [5.74, 6) is 6.86. The van der Waals surface area contributed by atoms with Crippen molar-refractivity contribution in [3.05, 3.63) is 83.1 Å². The van der Waals surface area contributed by atoms with Crippen molar-refractivity contribution in [1.29, 1.82) is 0 Å². The molecular formula is C31H34F3N8O2+. The maximum Gasteiger partial charge on any atom is 0.416 e. The van der Waals surface area contributed by atoms with Crippen molar-refractivity contribution in [1.82, 2.24) is 14.8 Å². The molecule has 0 aliphatic carbocycles. The first-order valence-electron chi connectivity index (χ1n) is 14.6. The van der Waals surface area contributed by atoms with Crippen LogP contribution in [0.1, 0.15) is 48.2 Å². The largest absolute Gasteiger partial charge is 0.416 e. The van der Waals surface area contributed by atoms with Crippen LogP contribution >= 0.6 is 0 Å². The van der Waals surface area contributed by atoms with E-state index in [-0.39, 0.29) is 33.7 Å². The lowest BCUT2D eigenvalue weighted by molar-refractivity contribution is -0.750. The number of likely N-dealkylation sites (tertiary alicyclic amines) is 2. The first-order valence-corrected chi connectivity index (χ1v) is 14.6. The van der Waals surface area contributed by atoms with E-state index in [1.807, 2.05) is 4.90 Å². The van der Waals surface area contributed by atoms with Crippen LogP contribution < -0.4 is 11.2 Å². The van der Waals surface area contributed by atoms with Gasteiger partial charge in [-0.2, -0.15) is 24.0 Å². The minimum Gasteiger partial charge on any atom is -0.342 e. The lowest BCUT2D eigenvalue weighted by atomic mass is 9.91. The first-order chi connectivity index (χ1) is 20.9. The minimum atomic E-state index is -4.55. The van der Waals surface area contributed by atoms with Crippen LogP contribution in [0.3, 0.4) is 0 Å². The molecular weight excluding hydrogens is 573 g/mol. The van der Waals surface area contributed by atoms with Crippen LogP contribution in [0, 0.1) is 11.8 Å². The number of halogens is 3. The highest BCUT2D eigenvalue weighted by Gasteiger charge is 2.47. The fourth-order valence-corrected chi connectivity index (χ4v) is 6.09. The Balaban J connectivity index is 1.19. The zero-order valence-electron chi connectivity index (χ0n) is 24.5. The van der Waals surface area contributed by atoms with Crippen molar-refractivity contribution in [2.24, 2.45) is 27.7 Å². The molecule has 0 saturated carbocycles. The molecule has 0 radical (unpaired) electrons. The number of piperidine rings is 1. The maximum atomic E-state index is 13.3. The molecule has 2 saturated heterocycles. The Morgan fingerprint density at radius 1 is 1.11 bits per heavy atom. The SMILES string of the molecule is CC(C)N1CC(C(=O)N2CCC[C@@H](C3=C4C=NC=C[N+]4(N)C(c4ccc(C(=O)Nc5cc(C(F)(F)F)ccn5)cc4)=N3)C2)C1. The maximum absolute atomic E-state index is 13.3. The number of aliphatic imine (C=N–C) groups is 2. The summed E-state index contributed by atoms with van der Waals surface area (Å²) in [6.45, 7) is 7.14. The van der Waals surface area contributed by atoms with Gasteiger partial charge in [0.05, 0.1) is 29.5 Å². The topological polar surface area (TPSA) is 116 Å². The molecule has 4 aliphatic rings. The van der Waals surface area contributed by atoms with Gasteiger partial charge in [-0.3, -0.25) is 19.5 Å². The predicted octanol–water partition coefficient (Wildman–Crippen LogP) is 4.15. The number of nitrogens with zero attached hydrogens (tertiary/aromatic N) is 6. The molecule has 1 aromatic carbocycles. The number of pyridine rings is 1. The Labute approximate surface area is 253 Å². The smallest absolute Gasteiger partial charge is 0.342 e. The number of quaternary nitrogens is 1. The van der Waals surface area contributed by atoms with Gasteiger partial charge in [0.1, 0.15) is 17.7 Å². The van der Waals surface area contributed by atoms with Gasteiger partial charge in [-0.1, -0.05) is 0 Å². The van der Waals surface area contributed by atoms with Crippen molar-refractivity contribution < 1.29 is 27.4 Å². The minimum absolute atomic E-state index is 0.00880. The molecule has 1 aromatic heterocycles. The van der Waals surface area contributed by atoms with Gasteiger partial charge in [0.2, 0.25) is 11.6 Å². The Kier molecular flexibility index (Phi) is 7.72. The molecule has 2 atom stereocenters. The number of anilines is 1. The summed E-state index contributed by atoms with van der Waals surface area (Å²) in [6.07, 6.45) is 3.23. The third-order valence-electron chi connectivity index (χ3n) is 8.67. The van der Waals surface area contributed by atoms with Gasteiger partial charge in [0.15, 0.2) is 0 Å². The summed E-state index contributed by atoms with van der Waals surface area (Å²) in [7, 11) is 0. The second kappa shape index (κ2) is 11.4. The highest BCUT2D eigenvalue weighted by atomic mass is 19.4. The third kappa shape index (κ3) is 5.58. The van der Waals surface area contributed by atoms with Gasteiger partial charge in [-0.25, -0.2) is 4.98 Å². The zero-order valence-corrected chi connectivity index (χ0v) is 24.5. The quantitative estimate of drug-likeness (QED) is 0.378. The van der Waals surface area contributed by atoms with E-state index in [1.165, 1.54) is 0 Å². The second-order valence-electron chi connectivity index (χ2n) is 11.9. The summed E-state index contributed by atoms with van der Waals surface area (Å²) < 4.78 is 39.0. The molecule has 3 N–H and O–H groups in total. The van der Waals surface area contributed by atoms with Gasteiger partial charge >= 0.3 is 6.18 Å². The number of amidine groups is 1. The van der Waals surface area contributed by atoms with Crippen molar-refractivity contribution in [3.63, 3.8) is 0 Å². The summed E-state index contributed by atoms with van der Waals surface area (Å²) in [5, 5.41) is 2.42. The molecule has 230 valence electrons. The summed E-state index contributed by atoms with van der Waals surface area (Å²) in [5.41, 5.74) is 1.52. The van der Waals surface area contributed by atoms with E-state index in [2.05, 4.69) is 34.0 Å². The average molecular weight is 608 g/mol. The molecule has 0 bridgehead atoms. The van der Waals surface area contributed by atoms with Crippen molar-refractivity contribution in [2.45, 2.75) is 38.9 Å². The van der Waals surface area contributed by atoms with Crippen LogP contribution in [0.2, 0.25) is 0 Å². The number of nitrogens with one attached hydrogen (secondary N) is 1. The number of carbonyl (C=O) groups excluding carboxylic acids is 2. The molecule has 1 unspecified atom stereocenters. The van der Waals surface area contributed by atoms with Crippen LogP contribution in [-0.4, -0.2) is 75.5 Å². The highest BCUT2D eigenvalue weighted by molar-refractivity contribution is 6.05. The summed E-state index contributed by atoms with van der Waals surface area (Å²) >= 11 is 0. The number of fused-ring (bicyclic) bond motifs is 1. The van der Waals surface area contributed by atoms with Crippen LogP contribution in [0.4, 0.5) is 19.0 Å². The van der Waals surface area contributed by atoms with Gasteiger partial charge in [0.25, 0.3) is 11.7 Å². The second-order valence-corrected chi connectivity index (χ2v) is 11.9. The molecule has 10 nitrogen and oxygen atoms in total. The van der Waals surface area contributed by atoms with E-state index < -0.39 is 17.6 Å². The Morgan fingerprint density at radius 2 is 1.86 bits per heavy atom. The number of benzene rings is 1. The van der Waals surface area contributed by atoms with Gasteiger partial charge in [-0.15, -0.1) is 4.59 Å². The number of hydrogen-bond donors (Lipinski definition) is 2. The predicted molar refractivity (Wildman–Crippen MR) is 159 cm³/mol. The summed E-state index contributed by atoms with van der Waals surface area (Å²) in [6, 6.07) is 8.58. The van der Waals surface area contributed by atoms with Gasteiger partial charge < -0.3 is 10.2 Å². The molecule has 2 amide bonds. The number of aromatic nitrogens is 1. The lowest BCUT2D eigenvalue weighted by Gasteiger charge is -2.44. The van der Waals surface area contributed by atoms with Crippen LogP contribution in [0.5, 0.6) is 0 Å². The van der Waals surface area contributed by atoms with E-state index in [1.54, 1.807) is 42.9 Å². The van der Waals surface area contributed by atoms with Crippen molar-refractivity contribution >= 4 is 29.7 Å². The number of rotatable bonds is 6. The molecule has 44 heavy (non-hydrogen) atoms. The third-order valence-corrected chi connectivity index (χ3v) is 8.67. The Bertz CT molecular complexity index is 1590. The molecule has 13 heteroatoms. The molecule has 5 heterocycles. The van der Waals surface area contributed by atoms with E-state index in [0.717, 1.165) is 62.2 Å². The van der Waals surface area contributed by atoms with Crippen molar-refractivity contribution in [3.8, 4) is 0 Å². The molecule has 0 spiro atoms. The fourth-order valence-electron chi connectivity index (χ4n) is 6.09. The van der Waals surface area contributed by atoms with Gasteiger partial charge in [-0.05, 0) is 63.1 Å². The van der Waals surface area contributed by atoms with Crippen LogP contribution in [0.15, 0.2) is 76.4 Å². The monoisotopic (exact) mass is 607 g/mol. The van der Waals surface area contributed by atoms with Crippen molar-refractivity contribution in [2.75, 3.05) is 31.5 Å². The summed E-state index contributed by atoms with van der Waals surface area (Å²) in [4.78, 5) is 43.5. The number of hydrogen-bond acceptors (Lipinski definition) is 7. The zero-order chi connectivity index (χ0) is 31.2. The van der Waals surface area contributed by atoms with E-state index in [9.17, 15) is 22.8 Å². The molecule has 2 aromatic rings. The molecule has 4 aliphatic heterocycles. The van der Waals surface area contributed by atoms with E-state index >= 15 is 0 Å². The average Bonchev–Trinajstić information content (AvgIpc) is 3.29. The lowest BCUT2D eigenvalue weighted by Crippen LogP contribution is -2.57. The van der Waals surface area contributed by atoms with Gasteiger partial charge in [0, 0.05) is 49.9 Å². The van der Waals surface area contributed by atoms with E-state index in [4.69, 9.17) is 10.8 Å². The molecule has 2 fully saturated rings. The highest BCUT2D eigenvalue weighted by Crippen LogP contribution is 2.38. The number of allylic oxidation sites excluding steroid dienone is 1. The number of nitrogens with two attached hydrogens (primary N) is 1. The Morgan fingerprint density at radius 3 is 2.57 bits per heavy atom. The normalized spacial score (nSPS) is 23.9. The fraction of sp³-hybridized carbons (Fsp3) is 0.387. The number of amides is 2. The first kappa shape index (κ1) is 29.9. The number of carbonyl (C=O) groups is 2. The Hall–Kier alpha value is -4.20. The molecule has 6 rings (SSSR count). The standard InChI is InChI=1S/C31H33F3N8O2/c1-19(2)41-17-23(18-41)30(44)40-12-3-4-22(16-40)27-25-15-36-11-13-42(25,35)28(39-27)20-5-7-21(8-6-20)29(43)38-26-14-24(9-10-37-26)31(32,33)34/h5-11,13-15,19,22-23H,3-4,12,16-18,35H2,1-2H3/p+1/t22-,42?/m1/s1.